The van der Waals surface area contributed by atoms with Crippen molar-refractivity contribution < 1.29 is 4.79 Å². The van der Waals surface area contributed by atoms with Crippen LogP contribution in [0.2, 0.25) is 0 Å². The molecule has 1 aromatic rings. The fraction of sp³-hybridized carbons (Fsp3) is 0.750. The first-order valence-corrected chi connectivity index (χ1v) is 4.45. The van der Waals surface area contributed by atoms with E-state index >= 15 is 0 Å². The molecule has 0 amide bonds. The predicted molar refractivity (Wildman–Crippen MR) is 47.3 cm³/mol. The minimum absolute atomic E-state index is 0.0550. The Morgan fingerprint density at radius 2 is 2.23 bits per heavy atom. The summed E-state index contributed by atoms with van der Waals surface area (Å²) in [4.78, 5) is 11.3. The molecule has 0 aliphatic heterocycles. The number of hydrogen-bond acceptors (Lipinski definition) is 4. The fourth-order valence-electron chi connectivity index (χ4n) is 1.04. The maximum absolute atomic E-state index is 11.3. The zero-order valence-electron chi connectivity index (χ0n) is 8.19. The quantitative estimate of drug-likeness (QED) is 0.652. The van der Waals surface area contributed by atoms with E-state index in [-0.39, 0.29) is 5.91 Å². The molecule has 1 aromatic heterocycles. The summed E-state index contributed by atoms with van der Waals surface area (Å²) in [6, 6.07) is 0. The Kier molecular flexibility index (Phi) is 3.11. The average Bonchev–Trinajstić information content (AvgIpc) is 2.50. The molecule has 0 radical (unpaired) electrons. The first-order chi connectivity index (χ1) is 6.15. The van der Waals surface area contributed by atoms with Crippen molar-refractivity contribution in [3.05, 3.63) is 5.82 Å². The lowest BCUT2D eigenvalue weighted by Crippen LogP contribution is -2.16. The van der Waals surface area contributed by atoms with Gasteiger partial charge in [-0.15, -0.1) is 5.10 Å². The molecule has 0 bridgehead atoms. The molecule has 0 saturated carbocycles. The van der Waals surface area contributed by atoms with Crippen LogP contribution in [0.25, 0.3) is 0 Å². The molecule has 0 aliphatic carbocycles. The maximum atomic E-state index is 11.3. The second kappa shape index (κ2) is 4.11. The van der Waals surface area contributed by atoms with Crippen LogP contribution in [-0.2, 0) is 6.42 Å². The molecule has 5 nitrogen and oxygen atoms in total. The van der Waals surface area contributed by atoms with Crippen molar-refractivity contribution in [2.24, 2.45) is 5.92 Å². The first-order valence-electron chi connectivity index (χ1n) is 4.45. The molecule has 1 rings (SSSR count). The van der Waals surface area contributed by atoms with E-state index in [1.165, 1.54) is 4.68 Å². The highest BCUT2D eigenvalue weighted by Crippen LogP contribution is 2.03. The molecule has 5 heteroatoms. The van der Waals surface area contributed by atoms with Crippen molar-refractivity contribution in [2.75, 3.05) is 0 Å². The summed E-state index contributed by atoms with van der Waals surface area (Å²) < 4.78 is 1.29. The highest BCUT2D eigenvalue weighted by Gasteiger charge is 2.12. The Balaban J connectivity index is 2.83. The Morgan fingerprint density at radius 1 is 1.54 bits per heavy atom. The third-order valence-electron chi connectivity index (χ3n) is 1.66. The highest BCUT2D eigenvalue weighted by atomic mass is 16.2. The summed E-state index contributed by atoms with van der Waals surface area (Å²) in [7, 11) is 0. The van der Waals surface area contributed by atoms with Gasteiger partial charge in [0, 0.05) is 12.8 Å². The van der Waals surface area contributed by atoms with Crippen molar-refractivity contribution >= 4 is 5.91 Å². The standard InChI is InChI=1S/C8H14N4O/c1-4-8(13)12-7(5-6(2)3)9-10-11-12/h6H,4-5H2,1-3H3. The van der Waals surface area contributed by atoms with Gasteiger partial charge in [-0.25, -0.2) is 0 Å². The largest absolute Gasteiger partial charge is 0.272 e. The van der Waals surface area contributed by atoms with Crippen LogP contribution in [0.15, 0.2) is 0 Å². The van der Waals surface area contributed by atoms with E-state index in [1.807, 2.05) is 0 Å². The second-order valence-electron chi connectivity index (χ2n) is 3.35. The Hall–Kier alpha value is -1.26. The molecule has 0 N–H and O–H groups in total. The van der Waals surface area contributed by atoms with E-state index in [2.05, 4.69) is 29.4 Å². The molecule has 1 heterocycles. The summed E-state index contributed by atoms with van der Waals surface area (Å²) in [5.74, 6) is 1.05. The van der Waals surface area contributed by atoms with E-state index in [9.17, 15) is 4.79 Å². The second-order valence-corrected chi connectivity index (χ2v) is 3.35. The smallest absolute Gasteiger partial charge is 0.249 e. The summed E-state index contributed by atoms with van der Waals surface area (Å²) >= 11 is 0. The number of tetrazole rings is 1. The van der Waals surface area contributed by atoms with Gasteiger partial charge in [0.25, 0.3) is 0 Å². The van der Waals surface area contributed by atoms with Gasteiger partial charge in [-0.2, -0.15) is 4.68 Å². The van der Waals surface area contributed by atoms with E-state index in [0.717, 1.165) is 6.42 Å². The van der Waals surface area contributed by atoms with E-state index in [1.54, 1.807) is 6.92 Å². The zero-order chi connectivity index (χ0) is 9.84. The molecular formula is C8H14N4O. The van der Waals surface area contributed by atoms with Gasteiger partial charge >= 0.3 is 0 Å². The molecular weight excluding hydrogens is 168 g/mol. The van der Waals surface area contributed by atoms with Gasteiger partial charge in [0.1, 0.15) is 0 Å². The lowest BCUT2D eigenvalue weighted by molar-refractivity contribution is 0.0886. The zero-order valence-corrected chi connectivity index (χ0v) is 8.19. The van der Waals surface area contributed by atoms with Crippen LogP contribution >= 0.6 is 0 Å². The Bertz CT molecular complexity index is 292. The normalized spacial score (nSPS) is 10.8. The number of rotatable bonds is 3. The number of nitrogens with zero attached hydrogens (tertiary/aromatic N) is 4. The number of carbonyl (C=O) groups excluding carboxylic acids is 1. The molecule has 72 valence electrons. The first kappa shape index (κ1) is 9.83. The third-order valence-corrected chi connectivity index (χ3v) is 1.66. The lowest BCUT2D eigenvalue weighted by Gasteiger charge is -2.03. The average molecular weight is 182 g/mol. The van der Waals surface area contributed by atoms with Crippen molar-refractivity contribution in [1.29, 1.82) is 0 Å². The van der Waals surface area contributed by atoms with Gasteiger partial charge in [-0.1, -0.05) is 20.8 Å². The van der Waals surface area contributed by atoms with Crippen LogP contribution in [0.1, 0.15) is 37.8 Å². The van der Waals surface area contributed by atoms with Crippen molar-refractivity contribution in [2.45, 2.75) is 33.6 Å². The van der Waals surface area contributed by atoms with Crippen molar-refractivity contribution in [3.8, 4) is 0 Å². The molecule has 0 aromatic carbocycles. The van der Waals surface area contributed by atoms with Gasteiger partial charge in [0.05, 0.1) is 0 Å². The number of aromatic nitrogens is 4. The predicted octanol–water partition coefficient (Wildman–Crippen LogP) is 0.922. The topological polar surface area (TPSA) is 60.7 Å². The summed E-state index contributed by atoms with van der Waals surface area (Å²) in [6.07, 6.45) is 1.16. The summed E-state index contributed by atoms with van der Waals surface area (Å²) in [5, 5.41) is 10.9. The summed E-state index contributed by atoms with van der Waals surface area (Å²) in [6.45, 7) is 5.92. The maximum Gasteiger partial charge on any atom is 0.249 e. The van der Waals surface area contributed by atoms with Crippen LogP contribution in [-0.4, -0.2) is 26.1 Å². The SMILES string of the molecule is CCC(=O)n1nnnc1CC(C)C. The van der Waals surface area contributed by atoms with Crippen molar-refractivity contribution in [1.82, 2.24) is 20.2 Å². The minimum atomic E-state index is -0.0550. The van der Waals surface area contributed by atoms with Gasteiger partial charge in [0.2, 0.25) is 5.91 Å². The van der Waals surface area contributed by atoms with Crippen molar-refractivity contribution in [3.63, 3.8) is 0 Å². The molecule has 0 aliphatic rings. The Morgan fingerprint density at radius 3 is 2.77 bits per heavy atom. The van der Waals surface area contributed by atoms with Gasteiger partial charge in [-0.05, 0) is 16.3 Å². The minimum Gasteiger partial charge on any atom is -0.272 e. The molecule has 13 heavy (non-hydrogen) atoms. The van der Waals surface area contributed by atoms with Gasteiger partial charge < -0.3 is 0 Å². The molecule has 0 atom stereocenters. The van der Waals surface area contributed by atoms with E-state index < -0.39 is 0 Å². The molecule has 0 spiro atoms. The number of carbonyl (C=O) groups is 1. The van der Waals surface area contributed by atoms with Gasteiger partial charge in [-0.3, -0.25) is 4.79 Å². The number of hydrogen-bond donors (Lipinski definition) is 0. The van der Waals surface area contributed by atoms with Crippen LogP contribution in [0.3, 0.4) is 0 Å². The fourth-order valence-corrected chi connectivity index (χ4v) is 1.04. The summed E-state index contributed by atoms with van der Waals surface area (Å²) in [5.41, 5.74) is 0. The van der Waals surface area contributed by atoms with Gasteiger partial charge in [0.15, 0.2) is 5.82 Å². The van der Waals surface area contributed by atoms with E-state index in [0.29, 0.717) is 18.2 Å². The Labute approximate surface area is 77.1 Å². The third kappa shape index (κ3) is 2.34. The van der Waals surface area contributed by atoms with Crippen LogP contribution in [0, 0.1) is 5.92 Å². The van der Waals surface area contributed by atoms with E-state index in [4.69, 9.17) is 0 Å². The molecule has 0 saturated heterocycles. The monoisotopic (exact) mass is 182 g/mol. The lowest BCUT2D eigenvalue weighted by atomic mass is 10.1. The molecule has 0 fully saturated rings. The van der Waals surface area contributed by atoms with Crippen LogP contribution in [0.4, 0.5) is 0 Å². The van der Waals surface area contributed by atoms with Crippen LogP contribution < -0.4 is 0 Å². The van der Waals surface area contributed by atoms with Crippen LogP contribution in [0.5, 0.6) is 0 Å². The highest BCUT2D eigenvalue weighted by molar-refractivity contribution is 5.77. The molecule has 0 unspecified atom stereocenters.